The molecule has 0 spiro atoms. The molecule has 0 aliphatic carbocycles. The zero-order chi connectivity index (χ0) is 13.0. The van der Waals surface area contributed by atoms with Gasteiger partial charge in [-0.25, -0.2) is 0 Å². The average Bonchev–Trinajstić information content (AvgIpc) is 2.41. The zero-order valence-electron chi connectivity index (χ0n) is 10.1. The Morgan fingerprint density at radius 2 is 1.94 bits per heavy atom. The van der Waals surface area contributed by atoms with Crippen molar-refractivity contribution >= 4 is 27.3 Å². The van der Waals surface area contributed by atoms with Gasteiger partial charge in [-0.2, -0.15) is 5.26 Å². The first-order chi connectivity index (χ1) is 8.74. The van der Waals surface area contributed by atoms with Crippen LogP contribution in [0.3, 0.4) is 0 Å². The molecule has 0 fully saturated rings. The van der Waals surface area contributed by atoms with Crippen LogP contribution >= 0.6 is 15.9 Å². The first-order valence-corrected chi connectivity index (χ1v) is 6.58. The lowest BCUT2D eigenvalue weighted by Crippen LogP contribution is -1.96. The third-order valence-corrected chi connectivity index (χ3v) is 3.42. The van der Waals surface area contributed by atoms with Crippen molar-refractivity contribution < 1.29 is 0 Å². The molecule has 0 heterocycles. The van der Waals surface area contributed by atoms with E-state index in [1.165, 1.54) is 5.56 Å². The van der Waals surface area contributed by atoms with E-state index < -0.39 is 0 Å². The molecule has 0 unspecified atom stereocenters. The smallest absolute Gasteiger partial charge is 0.0992 e. The van der Waals surface area contributed by atoms with Gasteiger partial charge in [-0.1, -0.05) is 25.1 Å². The van der Waals surface area contributed by atoms with Crippen LogP contribution in [-0.2, 0) is 6.42 Å². The summed E-state index contributed by atoms with van der Waals surface area (Å²) < 4.78 is 0.896. The quantitative estimate of drug-likeness (QED) is 0.897. The summed E-state index contributed by atoms with van der Waals surface area (Å²) in [6, 6.07) is 15.9. The molecule has 0 amide bonds. The molecule has 0 atom stereocenters. The fourth-order valence-corrected chi connectivity index (χ4v) is 2.26. The number of nitrogens with one attached hydrogen (secondary N) is 1. The summed E-state index contributed by atoms with van der Waals surface area (Å²) in [5, 5.41) is 12.2. The fourth-order valence-electron chi connectivity index (χ4n) is 1.78. The van der Waals surface area contributed by atoms with Crippen molar-refractivity contribution in [1.29, 1.82) is 5.26 Å². The van der Waals surface area contributed by atoms with E-state index in [4.69, 9.17) is 5.26 Å². The monoisotopic (exact) mass is 300 g/mol. The molecule has 0 aliphatic rings. The maximum absolute atomic E-state index is 8.83. The number of aryl methyl sites for hydroxylation is 1. The Hall–Kier alpha value is -1.79. The Morgan fingerprint density at radius 1 is 1.17 bits per heavy atom. The first kappa shape index (κ1) is 12.7. The van der Waals surface area contributed by atoms with Crippen LogP contribution in [0.5, 0.6) is 0 Å². The van der Waals surface area contributed by atoms with Crippen molar-refractivity contribution in [3.05, 3.63) is 58.1 Å². The Bertz CT molecular complexity index is 600. The van der Waals surface area contributed by atoms with E-state index in [1.807, 2.05) is 30.3 Å². The van der Waals surface area contributed by atoms with Crippen LogP contribution in [0.4, 0.5) is 11.4 Å². The molecule has 0 aliphatic heterocycles. The number of nitriles is 1. The van der Waals surface area contributed by atoms with Gasteiger partial charge in [-0.15, -0.1) is 0 Å². The van der Waals surface area contributed by atoms with Gasteiger partial charge in [0.05, 0.1) is 17.3 Å². The summed E-state index contributed by atoms with van der Waals surface area (Å²) in [5.41, 5.74) is 3.99. The van der Waals surface area contributed by atoms with E-state index >= 15 is 0 Å². The molecule has 90 valence electrons. The average molecular weight is 301 g/mol. The van der Waals surface area contributed by atoms with Crippen molar-refractivity contribution in [3.8, 4) is 6.07 Å². The number of halogens is 1. The lowest BCUT2D eigenvalue weighted by atomic mass is 10.1. The SMILES string of the molecule is CCc1ccccc1Nc1ccc(C#N)cc1Br. The molecule has 3 heteroatoms. The molecule has 2 nitrogen and oxygen atoms in total. The second kappa shape index (κ2) is 5.70. The highest BCUT2D eigenvalue weighted by Crippen LogP contribution is 2.28. The highest BCUT2D eigenvalue weighted by molar-refractivity contribution is 9.10. The van der Waals surface area contributed by atoms with Gasteiger partial charge in [-0.05, 0) is 52.2 Å². The Balaban J connectivity index is 2.32. The second-order valence-electron chi connectivity index (χ2n) is 3.94. The van der Waals surface area contributed by atoms with E-state index in [-0.39, 0.29) is 0 Å². The second-order valence-corrected chi connectivity index (χ2v) is 4.80. The normalized spacial score (nSPS) is 9.83. The van der Waals surface area contributed by atoms with Crippen LogP contribution < -0.4 is 5.32 Å². The number of benzene rings is 2. The van der Waals surface area contributed by atoms with E-state index in [0.717, 1.165) is 22.3 Å². The summed E-state index contributed by atoms with van der Waals surface area (Å²) in [6.45, 7) is 2.13. The molecular formula is C15H13BrN2. The zero-order valence-corrected chi connectivity index (χ0v) is 11.7. The van der Waals surface area contributed by atoms with Gasteiger partial charge >= 0.3 is 0 Å². The third kappa shape index (κ3) is 2.72. The molecule has 0 saturated carbocycles. The minimum atomic E-state index is 0.649. The molecule has 0 aromatic heterocycles. The summed E-state index contributed by atoms with van der Waals surface area (Å²) in [7, 11) is 0. The minimum Gasteiger partial charge on any atom is -0.354 e. The lowest BCUT2D eigenvalue weighted by Gasteiger charge is -2.12. The van der Waals surface area contributed by atoms with E-state index in [9.17, 15) is 0 Å². The maximum atomic E-state index is 8.83. The fraction of sp³-hybridized carbons (Fsp3) is 0.133. The maximum Gasteiger partial charge on any atom is 0.0992 e. The first-order valence-electron chi connectivity index (χ1n) is 5.79. The number of hydrogen-bond acceptors (Lipinski definition) is 2. The van der Waals surface area contributed by atoms with Crippen LogP contribution in [-0.4, -0.2) is 0 Å². The standard InChI is InChI=1S/C15H13BrN2/c1-2-12-5-3-4-6-14(12)18-15-8-7-11(10-17)9-13(15)16/h3-9,18H,2H2,1H3. The van der Waals surface area contributed by atoms with Gasteiger partial charge in [0.1, 0.15) is 0 Å². The third-order valence-electron chi connectivity index (χ3n) is 2.77. The van der Waals surface area contributed by atoms with Gasteiger partial charge < -0.3 is 5.32 Å². The van der Waals surface area contributed by atoms with Gasteiger partial charge in [0.15, 0.2) is 0 Å². The summed E-state index contributed by atoms with van der Waals surface area (Å²) in [6.07, 6.45) is 0.983. The summed E-state index contributed by atoms with van der Waals surface area (Å²) >= 11 is 3.48. The van der Waals surface area contributed by atoms with E-state index in [2.05, 4.69) is 46.4 Å². The topological polar surface area (TPSA) is 35.8 Å². The van der Waals surface area contributed by atoms with Gasteiger partial charge in [0.2, 0.25) is 0 Å². The van der Waals surface area contributed by atoms with Crippen molar-refractivity contribution in [2.75, 3.05) is 5.32 Å². The van der Waals surface area contributed by atoms with Crippen molar-refractivity contribution in [2.45, 2.75) is 13.3 Å². The summed E-state index contributed by atoms with van der Waals surface area (Å²) in [5.74, 6) is 0. The summed E-state index contributed by atoms with van der Waals surface area (Å²) in [4.78, 5) is 0. The molecule has 1 N–H and O–H groups in total. The van der Waals surface area contributed by atoms with Crippen LogP contribution in [0, 0.1) is 11.3 Å². The predicted molar refractivity (Wildman–Crippen MR) is 78.0 cm³/mol. The van der Waals surface area contributed by atoms with Crippen LogP contribution in [0.2, 0.25) is 0 Å². The van der Waals surface area contributed by atoms with Crippen LogP contribution in [0.1, 0.15) is 18.1 Å². The van der Waals surface area contributed by atoms with Crippen molar-refractivity contribution in [3.63, 3.8) is 0 Å². The van der Waals surface area contributed by atoms with E-state index in [1.54, 1.807) is 0 Å². The number of nitrogens with zero attached hydrogens (tertiary/aromatic N) is 1. The number of anilines is 2. The number of rotatable bonds is 3. The highest BCUT2D eigenvalue weighted by atomic mass is 79.9. The molecule has 18 heavy (non-hydrogen) atoms. The number of hydrogen-bond donors (Lipinski definition) is 1. The Morgan fingerprint density at radius 3 is 2.61 bits per heavy atom. The predicted octanol–water partition coefficient (Wildman–Crippen LogP) is 4.63. The van der Waals surface area contributed by atoms with Crippen molar-refractivity contribution in [1.82, 2.24) is 0 Å². The molecule has 2 aromatic carbocycles. The highest BCUT2D eigenvalue weighted by Gasteiger charge is 2.04. The molecule has 0 radical (unpaired) electrons. The van der Waals surface area contributed by atoms with Gasteiger partial charge in [-0.3, -0.25) is 0 Å². The van der Waals surface area contributed by atoms with Gasteiger partial charge in [0, 0.05) is 10.2 Å². The Kier molecular flexibility index (Phi) is 4.01. The van der Waals surface area contributed by atoms with Gasteiger partial charge in [0.25, 0.3) is 0 Å². The molecule has 2 aromatic rings. The van der Waals surface area contributed by atoms with Crippen molar-refractivity contribution in [2.24, 2.45) is 0 Å². The molecule has 2 rings (SSSR count). The van der Waals surface area contributed by atoms with Crippen LogP contribution in [0.25, 0.3) is 0 Å². The number of para-hydroxylation sites is 1. The Labute approximate surface area is 115 Å². The molecular weight excluding hydrogens is 288 g/mol. The lowest BCUT2D eigenvalue weighted by molar-refractivity contribution is 1.14. The minimum absolute atomic E-state index is 0.649. The van der Waals surface area contributed by atoms with Crippen LogP contribution in [0.15, 0.2) is 46.9 Å². The van der Waals surface area contributed by atoms with E-state index in [0.29, 0.717) is 5.56 Å². The molecule has 0 bridgehead atoms. The molecule has 0 saturated heterocycles. The largest absolute Gasteiger partial charge is 0.354 e.